The van der Waals surface area contributed by atoms with Crippen molar-refractivity contribution in [3.63, 3.8) is 0 Å². The molecule has 1 aromatic heterocycles. The zero-order chi connectivity index (χ0) is 17.9. The molecule has 0 bridgehead atoms. The van der Waals surface area contributed by atoms with Gasteiger partial charge in [-0.2, -0.15) is 0 Å². The molecule has 2 N–H and O–H groups in total. The van der Waals surface area contributed by atoms with E-state index in [2.05, 4.69) is 30.3 Å². The van der Waals surface area contributed by atoms with Gasteiger partial charge in [-0.25, -0.2) is 0 Å². The van der Waals surface area contributed by atoms with Crippen LogP contribution in [0.1, 0.15) is 11.1 Å². The maximum Gasteiger partial charge on any atom is 0.201 e. The van der Waals surface area contributed by atoms with E-state index in [1.54, 1.807) is 29.4 Å². The molecule has 0 aliphatic carbocycles. The first-order valence-corrected chi connectivity index (χ1v) is 9.48. The Morgan fingerprint density at radius 3 is 2.35 bits per heavy atom. The lowest BCUT2D eigenvalue weighted by Crippen LogP contribution is -3.27. The Labute approximate surface area is 157 Å². The predicted molar refractivity (Wildman–Crippen MR) is 103 cm³/mol. The average molecular weight is 371 g/mol. The Bertz CT molecular complexity index is 947. The summed E-state index contributed by atoms with van der Waals surface area (Å²) in [5.74, 6) is 0. The molecule has 5 heteroatoms. The fraction of sp³-hybridized carbons (Fsp3) is 0.286. The van der Waals surface area contributed by atoms with E-state index in [1.807, 2.05) is 0 Å². The van der Waals surface area contributed by atoms with Crippen LogP contribution in [-0.4, -0.2) is 26.2 Å². The zero-order valence-corrected chi connectivity index (χ0v) is 15.4. The molecule has 134 valence electrons. The molecule has 0 amide bonds. The Kier molecular flexibility index (Phi) is 5.07. The summed E-state index contributed by atoms with van der Waals surface area (Å²) in [5.41, 5.74) is 2.76. The molecule has 1 saturated heterocycles. The molecule has 4 rings (SSSR count). The van der Waals surface area contributed by atoms with Gasteiger partial charge >= 0.3 is 0 Å². The molecule has 0 atom stereocenters. The number of benzene rings is 2. The summed E-state index contributed by atoms with van der Waals surface area (Å²) in [6, 6.07) is 15.8. The van der Waals surface area contributed by atoms with Gasteiger partial charge < -0.3 is 14.2 Å². The quantitative estimate of drug-likeness (QED) is 0.717. The second-order valence-electron chi connectivity index (χ2n) is 7.07. The maximum atomic E-state index is 12.7. The van der Waals surface area contributed by atoms with Gasteiger partial charge in [-0.3, -0.25) is 4.79 Å². The number of nitrogens with one attached hydrogen (secondary N) is 2. The summed E-state index contributed by atoms with van der Waals surface area (Å²) in [5, 5.41) is 1.13. The van der Waals surface area contributed by atoms with Crippen LogP contribution in [-0.2, 0) is 13.1 Å². The Morgan fingerprint density at radius 2 is 1.62 bits per heavy atom. The topological polar surface area (TPSA) is 39.1 Å². The van der Waals surface area contributed by atoms with Gasteiger partial charge in [-0.15, -0.1) is 0 Å². The summed E-state index contributed by atoms with van der Waals surface area (Å²) >= 11 is 6.03. The molecule has 0 unspecified atom stereocenters. The third kappa shape index (κ3) is 3.83. The van der Waals surface area contributed by atoms with Gasteiger partial charge in [-0.05, 0) is 18.2 Å². The minimum Gasteiger partial charge on any atom is -0.464 e. The van der Waals surface area contributed by atoms with E-state index >= 15 is 0 Å². The maximum absolute atomic E-state index is 12.7. The van der Waals surface area contributed by atoms with E-state index in [9.17, 15) is 4.79 Å². The zero-order valence-electron chi connectivity index (χ0n) is 14.6. The lowest BCUT2D eigenvalue weighted by molar-refractivity contribution is -1.02. The molecule has 26 heavy (non-hydrogen) atoms. The van der Waals surface area contributed by atoms with Crippen molar-refractivity contribution in [3.05, 3.63) is 81.2 Å². The third-order valence-electron chi connectivity index (χ3n) is 5.21. The molecular formula is C21H23ClN2O2+2. The van der Waals surface area contributed by atoms with Crippen LogP contribution in [0.2, 0.25) is 5.02 Å². The molecule has 0 spiro atoms. The van der Waals surface area contributed by atoms with Crippen molar-refractivity contribution in [2.75, 3.05) is 26.2 Å². The van der Waals surface area contributed by atoms with Crippen LogP contribution in [0.3, 0.4) is 0 Å². The van der Waals surface area contributed by atoms with E-state index in [-0.39, 0.29) is 5.43 Å². The second kappa shape index (κ2) is 7.62. The highest BCUT2D eigenvalue weighted by Crippen LogP contribution is 2.16. The summed E-state index contributed by atoms with van der Waals surface area (Å²) in [4.78, 5) is 15.8. The Balaban J connectivity index is 1.41. The monoisotopic (exact) mass is 370 g/mol. The number of halogens is 1. The van der Waals surface area contributed by atoms with Crippen LogP contribution in [0.5, 0.6) is 0 Å². The van der Waals surface area contributed by atoms with Gasteiger partial charge in [0.25, 0.3) is 0 Å². The van der Waals surface area contributed by atoms with Crippen LogP contribution < -0.4 is 15.2 Å². The van der Waals surface area contributed by atoms with Gasteiger partial charge in [0, 0.05) is 10.6 Å². The standard InChI is InChI=1S/C21H21ClN2O2/c22-18-6-7-20-19(12-18)21(25)17(15-26-20)14-24-10-8-23(9-11-24)13-16-4-2-1-3-5-16/h1-7,12,15H,8-11,13-14H2/p+2. The van der Waals surface area contributed by atoms with Gasteiger partial charge in [0.2, 0.25) is 5.43 Å². The molecule has 1 aliphatic rings. The lowest BCUT2D eigenvalue weighted by Gasteiger charge is -2.29. The lowest BCUT2D eigenvalue weighted by atomic mass is 10.1. The van der Waals surface area contributed by atoms with Crippen molar-refractivity contribution in [3.8, 4) is 0 Å². The van der Waals surface area contributed by atoms with Crippen molar-refractivity contribution in [1.29, 1.82) is 0 Å². The van der Waals surface area contributed by atoms with E-state index in [0.29, 0.717) is 22.5 Å². The molecule has 4 nitrogen and oxygen atoms in total. The van der Waals surface area contributed by atoms with Gasteiger partial charge in [0.05, 0.1) is 10.9 Å². The number of quaternary nitrogens is 2. The highest BCUT2D eigenvalue weighted by atomic mass is 35.5. The van der Waals surface area contributed by atoms with Gasteiger partial charge in [0.1, 0.15) is 51.1 Å². The van der Waals surface area contributed by atoms with Crippen molar-refractivity contribution in [2.45, 2.75) is 13.1 Å². The van der Waals surface area contributed by atoms with E-state index < -0.39 is 0 Å². The van der Waals surface area contributed by atoms with Crippen molar-refractivity contribution in [1.82, 2.24) is 0 Å². The van der Waals surface area contributed by atoms with Crippen LogP contribution in [0.15, 0.2) is 64.0 Å². The molecule has 0 saturated carbocycles. The smallest absolute Gasteiger partial charge is 0.201 e. The largest absolute Gasteiger partial charge is 0.464 e. The van der Waals surface area contributed by atoms with Crippen molar-refractivity contribution < 1.29 is 14.2 Å². The molecule has 1 aliphatic heterocycles. The van der Waals surface area contributed by atoms with Gasteiger partial charge in [-0.1, -0.05) is 41.9 Å². The summed E-state index contributed by atoms with van der Waals surface area (Å²) < 4.78 is 5.64. The fourth-order valence-corrected chi connectivity index (χ4v) is 3.90. The van der Waals surface area contributed by atoms with E-state index in [0.717, 1.165) is 38.3 Å². The normalized spacial score (nSPS) is 20.3. The van der Waals surface area contributed by atoms with Crippen LogP contribution in [0, 0.1) is 0 Å². The average Bonchev–Trinajstić information content (AvgIpc) is 2.67. The van der Waals surface area contributed by atoms with Crippen LogP contribution >= 0.6 is 11.6 Å². The summed E-state index contributed by atoms with van der Waals surface area (Å²) in [6.07, 6.45) is 1.62. The highest BCUT2D eigenvalue weighted by Gasteiger charge is 2.24. The minimum absolute atomic E-state index is 0.0420. The van der Waals surface area contributed by atoms with Crippen molar-refractivity contribution >= 4 is 22.6 Å². The molecule has 1 fully saturated rings. The first kappa shape index (κ1) is 17.3. The second-order valence-corrected chi connectivity index (χ2v) is 7.51. The molecular weight excluding hydrogens is 348 g/mol. The predicted octanol–water partition coefficient (Wildman–Crippen LogP) is 0.930. The SMILES string of the molecule is O=c1c(C[NH+]2CC[NH+](Cc3ccccc3)CC2)coc2ccc(Cl)cc12. The first-order chi connectivity index (χ1) is 12.7. The van der Waals surface area contributed by atoms with Crippen LogP contribution in [0.25, 0.3) is 11.0 Å². The molecule has 2 heterocycles. The number of hydrogen-bond donors (Lipinski definition) is 2. The fourth-order valence-electron chi connectivity index (χ4n) is 3.73. The number of hydrogen-bond acceptors (Lipinski definition) is 2. The molecule has 0 radical (unpaired) electrons. The first-order valence-electron chi connectivity index (χ1n) is 9.10. The molecule has 3 aromatic rings. The highest BCUT2D eigenvalue weighted by molar-refractivity contribution is 6.31. The minimum atomic E-state index is 0.0420. The summed E-state index contributed by atoms with van der Waals surface area (Å²) in [6.45, 7) is 6.16. The Morgan fingerprint density at radius 1 is 0.923 bits per heavy atom. The number of fused-ring (bicyclic) bond motifs is 1. The number of rotatable bonds is 4. The summed E-state index contributed by atoms with van der Waals surface area (Å²) in [7, 11) is 0. The van der Waals surface area contributed by atoms with E-state index in [4.69, 9.17) is 16.0 Å². The van der Waals surface area contributed by atoms with Crippen molar-refractivity contribution in [2.24, 2.45) is 0 Å². The molecule has 2 aromatic carbocycles. The van der Waals surface area contributed by atoms with Crippen LogP contribution in [0.4, 0.5) is 0 Å². The van der Waals surface area contributed by atoms with Gasteiger partial charge in [0.15, 0.2) is 0 Å². The van der Waals surface area contributed by atoms with E-state index in [1.165, 1.54) is 10.5 Å². The Hall–Kier alpha value is -2.14. The number of piperazine rings is 1. The third-order valence-corrected chi connectivity index (χ3v) is 5.44.